The number of rotatable bonds is 7. The molecule has 7 heteroatoms. The van der Waals surface area contributed by atoms with Crippen molar-refractivity contribution in [2.45, 2.75) is 24.1 Å². The Balaban J connectivity index is 1.59. The van der Waals surface area contributed by atoms with Crippen LogP contribution in [0.3, 0.4) is 0 Å². The van der Waals surface area contributed by atoms with Crippen molar-refractivity contribution in [1.29, 1.82) is 0 Å². The first-order valence-corrected chi connectivity index (χ1v) is 12.3. The molecule has 33 heavy (non-hydrogen) atoms. The molecule has 0 bridgehead atoms. The standard InChI is InChI=1S/C26H27N3O3S/c1-19-8-10-20(11-9-19)18-33(31,32)25-16-29(24-7-5-4-6-23(24)25)17-26(30)27-21-12-14-22(15-13-21)28(2)3/h4-16H,17-18H2,1-3H3,(H,27,30). The van der Waals surface area contributed by atoms with Crippen LogP contribution in [-0.2, 0) is 26.9 Å². The minimum Gasteiger partial charge on any atom is -0.378 e. The molecule has 0 aliphatic heterocycles. The van der Waals surface area contributed by atoms with E-state index in [0.717, 1.165) is 16.8 Å². The van der Waals surface area contributed by atoms with E-state index in [1.54, 1.807) is 16.8 Å². The molecule has 0 fully saturated rings. The Morgan fingerprint density at radius 2 is 1.61 bits per heavy atom. The van der Waals surface area contributed by atoms with Crippen molar-refractivity contribution in [1.82, 2.24) is 4.57 Å². The van der Waals surface area contributed by atoms with E-state index in [1.165, 1.54) is 0 Å². The largest absolute Gasteiger partial charge is 0.378 e. The van der Waals surface area contributed by atoms with Crippen molar-refractivity contribution < 1.29 is 13.2 Å². The number of sulfone groups is 1. The zero-order valence-electron chi connectivity index (χ0n) is 18.9. The fourth-order valence-electron chi connectivity index (χ4n) is 3.77. The first kappa shape index (κ1) is 22.6. The van der Waals surface area contributed by atoms with Crippen molar-refractivity contribution in [3.05, 3.63) is 90.1 Å². The SMILES string of the molecule is Cc1ccc(CS(=O)(=O)c2cn(CC(=O)Nc3ccc(N(C)C)cc3)c3ccccc23)cc1. The van der Waals surface area contributed by atoms with Gasteiger partial charge in [-0.1, -0.05) is 48.0 Å². The van der Waals surface area contributed by atoms with Crippen LogP contribution in [-0.4, -0.2) is 33.0 Å². The average Bonchev–Trinajstić information content (AvgIpc) is 3.15. The molecule has 0 saturated heterocycles. The summed E-state index contributed by atoms with van der Waals surface area (Å²) in [6.45, 7) is 1.98. The summed E-state index contributed by atoms with van der Waals surface area (Å²) in [5.74, 6) is -0.318. The maximum Gasteiger partial charge on any atom is 0.244 e. The molecule has 0 aliphatic carbocycles. The molecule has 1 aromatic heterocycles. The number of para-hydroxylation sites is 1. The van der Waals surface area contributed by atoms with Crippen LogP contribution in [0.15, 0.2) is 83.9 Å². The second-order valence-electron chi connectivity index (χ2n) is 8.37. The Kier molecular flexibility index (Phi) is 6.24. The van der Waals surface area contributed by atoms with Crippen LogP contribution in [0.4, 0.5) is 11.4 Å². The number of fused-ring (bicyclic) bond motifs is 1. The summed E-state index contributed by atoms with van der Waals surface area (Å²) in [6, 6.07) is 22.3. The second-order valence-corrected chi connectivity index (χ2v) is 10.3. The molecule has 0 spiro atoms. The van der Waals surface area contributed by atoms with Crippen molar-refractivity contribution >= 4 is 38.0 Å². The Bertz CT molecular complexity index is 1390. The van der Waals surface area contributed by atoms with Gasteiger partial charge in [0.25, 0.3) is 0 Å². The number of aromatic nitrogens is 1. The quantitative estimate of drug-likeness (QED) is 0.436. The predicted octanol–water partition coefficient (Wildman–Crippen LogP) is 4.63. The van der Waals surface area contributed by atoms with Crippen LogP contribution in [0.1, 0.15) is 11.1 Å². The first-order chi connectivity index (χ1) is 15.7. The lowest BCUT2D eigenvalue weighted by Crippen LogP contribution is -2.18. The number of nitrogens with one attached hydrogen (secondary N) is 1. The van der Waals surface area contributed by atoms with E-state index in [9.17, 15) is 13.2 Å². The molecule has 1 amide bonds. The highest BCUT2D eigenvalue weighted by Gasteiger charge is 2.22. The monoisotopic (exact) mass is 461 g/mol. The van der Waals surface area contributed by atoms with Gasteiger partial charge >= 0.3 is 0 Å². The van der Waals surface area contributed by atoms with Crippen LogP contribution >= 0.6 is 0 Å². The van der Waals surface area contributed by atoms with Gasteiger partial charge in [-0.3, -0.25) is 4.79 Å². The summed E-state index contributed by atoms with van der Waals surface area (Å²) in [6.07, 6.45) is 1.57. The molecule has 0 aliphatic rings. The van der Waals surface area contributed by atoms with E-state index in [-0.39, 0.29) is 23.1 Å². The maximum absolute atomic E-state index is 13.3. The lowest BCUT2D eigenvalue weighted by atomic mass is 10.2. The number of aryl methyl sites for hydroxylation is 1. The minimum atomic E-state index is -3.60. The number of hydrogen-bond donors (Lipinski definition) is 1. The van der Waals surface area contributed by atoms with E-state index >= 15 is 0 Å². The molecule has 0 atom stereocenters. The third kappa shape index (κ3) is 5.09. The molecule has 1 N–H and O–H groups in total. The molecule has 4 aromatic rings. The molecule has 6 nitrogen and oxygen atoms in total. The number of benzene rings is 3. The number of hydrogen-bond acceptors (Lipinski definition) is 4. The van der Waals surface area contributed by atoms with Gasteiger partial charge in [0.05, 0.1) is 10.6 Å². The van der Waals surface area contributed by atoms with Gasteiger partial charge in [-0.25, -0.2) is 8.42 Å². The van der Waals surface area contributed by atoms with Gasteiger partial charge in [-0.2, -0.15) is 0 Å². The lowest BCUT2D eigenvalue weighted by Gasteiger charge is -2.13. The molecule has 0 saturated carbocycles. The summed E-state index contributed by atoms with van der Waals surface area (Å²) in [4.78, 5) is 15.0. The first-order valence-electron chi connectivity index (χ1n) is 10.7. The van der Waals surface area contributed by atoms with Crippen LogP contribution in [0.2, 0.25) is 0 Å². The maximum atomic E-state index is 13.3. The Hall–Kier alpha value is -3.58. The molecule has 0 unspecified atom stereocenters. The summed E-state index contributed by atoms with van der Waals surface area (Å²) in [5.41, 5.74) is 4.24. The zero-order chi connectivity index (χ0) is 23.6. The number of amides is 1. The fraction of sp³-hybridized carbons (Fsp3) is 0.192. The molecule has 3 aromatic carbocycles. The second kappa shape index (κ2) is 9.11. The van der Waals surface area contributed by atoms with Crippen LogP contribution in [0.5, 0.6) is 0 Å². The summed E-state index contributed by atoms with van der Waals surface area (Å²) in [7, 11) is 0.310. The van der Waals surface area contributed by atoms with Gasteiger partial charge in [0, 0.05) is 42.6 Å². The molecule has 170 valence electrons. The number of carbonyl (C=O) groups is 1. The third-order valence-electron chi connectivity index (χ3n) is 5.55. The molecule has 0 radical (unpaired) electrons. The Morgan fingerprint density at radius 1 is 0.939 bits per heavy atom. The molecule has 1 heterocycles. The van der Waals surface area contributed by atoms with E-state index in [1.807, 2.05) is 92.6 Å². The van der Waals surface area contributed by atoms with Gasteiger partial charge < -0.3 is 14.8 Å². The summed E-state index contributed by atoms with van der Waals surface area (Å²) < 4.78 is 28.2. The Morgan fingerprint density at radius 3 is 2.27 bits per heavy atom. The van der Waals surface area contributed by atoms with E-state index in [2.05, 4.69) is 5.32 Å². The van der Waals surface area contributed by atoms with Crippen molar-refractivity contribution in [3.63, 3.8) is 0 Å². The van der Waals surface area contributed by atoms with Crippen molar-refractivity contribution in [2.75, 3.05) is 24.3 Å². The van der Waals surface area contributed by atoms with Gasteiger partial charge in [-0.05, 0) is 42.8 Å². The zero-order valence-corrected chi connectivity index (χ0v) is 19.8. The van der Waals surface area contributed by atoms with E-state index < -0.39 is 9.84 Å². The lowest BCUT2D eigenvalue weighted by molar-refractivity contribution is -0.116. The number of carbonyl (C=O) groups excluding carboxylic acids is 1. The highest BCUT2D eigenvalue weighted by molar-refractivity contribution is 7.90. The van der Waals surface area contributed by atoms with Gasteiger partial charge in [0.15, 0.2) is 9.84 Å². The predicted molar refractivity (Wildman–Crippen MR) is 133 cm³/mol. The van der Waals surface area contributed by atoms with Crippen molar-refractivity contribution in [2.24, 2.45) is 0 Å². The normalized spacial score (nSPS) is 11.5. The molecule has 4 rings (SSSR count). The van der Waals surface area contributed by atoms with Gasteiger partial charge in [0.1, 0.15) is 6.54 Å². The highest BCUT2D eigenvalue weighted by Crippen LogP contribution is 2.28. The molecular weight excluding hydrogens is 434 g/mol. The minimum absolute atomic E-state index is 0.00992. The van der Waals surface area contributed by atoms with Gasteiger partial charge in [0.2, 0.25) is 5.91 Å². The number of nitrogens with zero attached hydrogens (tertiary/aromatic N) is 2. The summed E-state index contributed by atoms with van der Waals surface area (Å²) >= 11 is 0. The fourth-order valence-corrected chi connectivity index (χ4v) is 5.35. The highest BCUT2D eigenvalue weighted by atomic mass is 32.2. The summed E-state index contributed by atoms with van der Waals surface area (Å²) in [5, 5.41) is 3.50. The van der Waals surface area contributed by atoms with E-state index in [4.69, 9.17) is 0 Å². The topological polar surface area (TPSA) is 71.4 Å². The average molecular weight is 462 g/mol. The number of anilines is 2. The van der Waals surface area contributed by atoms with Crippen LogP contribution in [0, 0.1) is 6.92 Å². The molecular formula is C26H27N3O3S. The third-order valence-corrected chi connectivity index (χ3v) is 7.25. The van der Waals surface area contributed by atoms with Gasteiger partial charge in [-0.15, -0.1) is 0 Å². The van der Waals surface area contributed by atoms with E-state index in [0.29, 0.717) is 16.6 Å². The Labute approximate surface area is 194 Å². The van der Waals surface area contributed by atoms with Crippen molar-refractivity contribution in [3.8, 4) is 0 Å². The van der Waals surface area contributed by atoms with Crippen LogP contribution in [0.25, 0.3) is 10.9 Å². The smallest absolute Gasteiger partial charge is 0.244 e. The van der Waals surface area contributed by atoms with Crippen LogP contribution < -0.4 is 10.2 Å².